The number of amides is 3. The third-order valence-electron chi connectivity index (χ3n) is 1.61. The van der Waals surface area contributed by atoms with E-state index in [0.717, 1.165) is 0 Å². The van der Waals surface area contributed by atoms with Gasteiger partial charge in [0.05, 0.1) is 13.1 Å². The molecule has 0 aliphatic carbocycles. The molecule has 1 atom stereocenters. The van der Waals surface area contributed by atoms with Gasteiger partial charge in [-0.25, -0.2) is 0 Å². The maximum Gasteiger partial charge on any atom is 0.243 e. The van der Waals surface area contributed by atoms with Crippen LogP contribution in [0.3, 0.4) is 0 Å². The molecule has 0 unspecified atom stereocenters. The summed E-state index contributed by atoms with van der Waals surface area (Å²) in [7, 11) is 0. The van der Waals surface area contributed by atoms with Gasteiger partial charge in [0.25, 0.3) is 0 Å². The maximum atomic E-state index is 11.5. The minimum atomic E-state index is -0.703. The number of nitrogens with one attached hydrogen (secondary N) is 2. The number of primary amides is 1. The average molecular weight is 248 g/mol. The van der Waals surface area contributed by atoms with Gasteiger partial charge in [0.2, 0.25) is 17.7 Å². The minimum absolute atomic E-state index is 0.187. The van der Waals surface area contributed by atoms with Crippen LogP contribution >= 0.6 is 11.8 Å². The molecule has 3 amide bonds. The quantitative estimate of drug-likeness (QED) is 0.393. The first kappa shape index (κ1) is 14.7. The van der Waals surface area contributed by atoms with Crippen LogP contribution in [-0.2, 0) is 14.4 Å². The van der Waals surface area contributed by atoms with Crippen LogP contribution in [0, 0.1) is 0 Å². The fourth-order valence-electron chi connectivity index (χ4n) is 0.900. The molecular formula is C8H16N4O3S. The fourth-order valence-corrected chi connectivity index (χ4v) is 1.47. The molecule has 0 radical (unpaired) electrons. The van der Waals surface area contributed by atoms with E-state index in [1.165, 1.54) is 11.8 Å². The van der Waals surface area contributed by atoms with Gasteiger partial charge in [-0.15, -0.1) is 0 Å². The van der Waals surface area contributed by atoms with Gasteiger partial charge in [-0.05, 0) is 6.26 Å². The van der Waals surface area contributed by atoms with Crippen LogP contribution in [0.5, 0.6) is 0 Å². The van der Waals surface area contributed by atoms with Crippen LogP contribution in [0.25, 0.3) is 0 Å². The van der Waals surface area contributed by atoms with Gasteiger partial charge >= 0.3 is 0 Å². The standard InChI is InChI=1S/C8H16N4O3S/c1-16-4-5(12-7(14)2-9)8(15)11-3-6(10)13/h5H,2-4,9H2,1H3,(H2,10,13)(H,11,15)(H,12,14)/t5-/m0/s1. The fraction of sp³-hybridized carbons (Fsp3) is 0.625. The largest absolute Gasteiger partial charge is 0.368 e. The number of thioether (sulfide) groups is 1. The van der Waals surface area contributed by atoms with Gasteiger partial charge < -0.3 is 22.1 Å². The summed E-state index contributed by atoms with van der Waals surface area (Å²) in [6.07, 6.45) is 1.79. The summed E-state index contributed by atoms with van der Waals surface area (Å²) in [6, 6.07) is -0.703. The second kappa shape index (κ2) is 7.94. The summed E-state index contributed by atoms with van der Waals surface area (Å²) in [5.41, 5.74) is 9.99. The van der Waals surface area contributed by atoms with E-state index in [9.17, 15) is 14.4 Å². The summed E-state index contributed by atoms with van der Waals surface area (Å²) in [5.74, 6) is -1.11. The number of hydrogen-bond acceptors (Lipinski definition) is 5. The van der Waals surface area contributed by atoms with E-state index < -0.39 is 23.8 Å². The van der Waals surface area contributed by atoms with Crippen LogP contribution in [0.15, 0.2) is 0 Å². The van der Waals surface area contributed by atoms with Gasteiger partial charge in [0, 0.05) is 5.75 Å². The summed E-state index contributed by atoms with van der Waals surface area (Å²) in [4.78, 5) is 33.0. The molecule has 8 heteroatoms. The second-order valence-corrected chi connectivity index (χ2v) is 3.87. The van der Waals surface area contributed by atoms with E-state index in [2.05, 4.69) is 10.6 Å². The molecule has 0 aromatic rings. The Morgan fingerprint density at radius 1 is 1.38 bits per heavy atom. The van der Waals surface area contributed by atoms with Crippen molar-refractivity contribution in [2.45, 2.75) is 6.04 Å². The normalized spacial score (nSPS) is 11.6. The highest BCUT2D eigenvalue weighted by Crippen LogP contribution is 1.97. The molecule has 0 aliphatic heterocycles. The summed E-state index contributed by atoms with van der Waals surface area (Å²) >= 11 is 1.39. The zero-order valence-electron chi connectivity index (χ0n) is 8.99. The smallest absolute Gasteiger partial charge is 0.243 e. The molecule has 16 heavy (non-hydrogen) atoms. The molecule has 92 valence electrons. The molecule has 0 saturated carbocycles. The molecule has 0 aliphatic rings. The first-order valence-corrected chi connectivity index (χ1v) is 5.95. The van der Waals surface area contributed by atoms with Crippen molar-refractivity contribution in [1.29, 1.82) is 0 Å². The maximum absolute atomic E-state index is 11.5. The summed E-state index contributed by atoms with van der Waals surface area (Å²) < 4.78 is 0. The lowest BCUT2D eigenvalue weighted by Gasteiger charge is -2.16. The third-order valence-corrected chi connectivity index (χ3v) is 2.27. The molecule has 7 nitrogen and oxygen atoms in total. The van der Waals surface area contributed by atoms with Crippen LogP contribution in [-0.4, -0.2) is 48.9 Å². The Hall–Kier alpha value is -1.28. The van der Waals surface area contributed by atoms with E-state index in [1.54, 1.807) is 6.26 Å². The molecule has 0 aromatic carbocycles. The SMILES string of the molecule is CSC[C@H](NC(=O)CN)C(=O)NCC(N)=O. The highest BCUT2D eigenvalue weighted by atomic mass is 32.2. The lowest BCUT2D eigenvalue weighted by atomic mass is 10.3. The van der Waals surface area contributed by atoms with Crippen molar-refractivity contribution in [2.75, 3.05) is 25.1 Å². The number of nitrogens with two attached hydrogens (primary N) is 2. The van der Waals surface area contributed by atoms with E-state index in [0.29, 0.717) is 5.75 Å². The number of hydrogen-bond donors (Lipinski definition) is 4. The molecule has 0 rings (SSSR count). The number of carbonyl (C=O) groups excluding carboxylic acids is 3. The van der Waals surface area contributed by atoms with Gasteiger partial charge in [-0.1, -0.05) is 0 Å². The second-order valence-electron chi connectivity index (χ2n) is 2.96. The lowest BCUT2D eigenvalue weighted by Crippen LogP contribution is -2.51. The predicted molar refractivity (Wildman–Crippen MR) is 61.6 cm³/mol. The Kier molecular flexibility index (Phi) is 7.31. The van der Waals surface area contributed by atoms with Crippen molar-refractivity contribution in [3.05, 3.63) is 0 Å². The van der Waals surface area contributed by atoms with Crippen molar-refractivity contribution >= 4 is 29.5 Å². The van der Waals surface area contributed by atoms with Gasteiger partial charge in [0.1, 0.15) is 6.04 Å². The molecule has 6 N–H and O–H groups in total. The van der Waals surface area contributed by atoms with E-state index in [-0.39, 0.29) is 13.1 Å². The lowest BCUT2D eigenvalue weighted by molar-refractivity contribution is -0.128. The monoisotopic (exact) mass is 248 g/mol. The predicted octanol–water partition coefficient (Wildman–Crippen LogP) is -2.61. The van der Waals surface area contributed by atoms with Crippen molar-refractivity contribution in [3.8, 4) is 0 Å². The molecule has 0 fully saturated rings. The summed E-state index contributed by atoms with van der Waals surface area (Å²) in [5, 5.41) is 4.76. The van der Waals surface area contributed by atoms with Gasteiger partial charge in [0.15, 0.2) is 0 Å². The Morgan fingerprint density at radius 2 is 2.00 bits per heavy atom. The van der Waals surface area contributed by atoms with E-state index >= 15 is 0 Å². The Labute approximate surface area is 97.7 Å². The van der Waals surface area contributed by atoms with Crippen molar-refractivity contribution in [3.63, 3.8) is 0 Å². The number of rotatable bonds is 7. The van der Waals surface area contributed by atoms with Gasteiger partial charge in [-0.2, -0.15) is 11.8 Å². The highest BCUT2D eigenvalue weighted by molar-refractivity contribution is 7.98. The Balaban J connectivity index is 4.22. The molecular weight excluding hydrogens is 232 g/mol. The van der Waals surface area contributed by atoms with Crippen LogP contribution in [0.2, 0.25) is 0 Å². The summed E-state index contributed by atoms with van der Waals surface area (Å²) in [6.45, 7) is -0.434. The molecule has 0 spiro atoms. The topological polar surface area (TPSA) is 127 Å². The first-order chi connectivity index (χ1) is 7.51. The van der Waals surface area contributed by atoms with Crippen LogP contribution in [0.1, 0.15) is 0 Å². The highest BCUT2D eigenvalue weighted by Gasteiger charge is 2.19. The van der Waals surface area contributed by atoms with Crippen molar-refractivity contribution in [2.24, 2.45) is 11.5 Å². The van der Waals surface area contributed by atoms with E-state index in [1.807, 2.05) is 0 Å². The zero-order valence-corrected chi connectivity index (χ0v) is 9.80. The zero-order chi connectivity index (χ0) is 12.6. The van der Waals surface area contributed by atoms with Gasteiger partial charge in [-0.3, -0.25) is 14.4 Å². The van der Waals surface area contributed by atoms with Crippen molar-refractivity contribution < 1.29 is 14.4 Å². The Morgan fingerprint density at radius 3 is 2.44 bits per heavy atom. The molecule has 0 saturated heterocycles. The molecule has 0 bridgehead atoms. The van der Waals surface area contributed by atoms with Crippen LogP contribution < -0.4 is 22.1 Å². The number of carbonyl (C=O) groups is 3. The van der Waals surface area contributed by atoms with Crippen molar-refractivity contribution in [1.82, 2.24) is 10.6 Å². The molecule has 0 aromatic heterocycles. The minimum Gasteiger partial charge on any atom is -0.368 e. The van der Waals surface area contributed by atoms with Crippen LogP contribution in [0.4, 0.5) is 0 Å². The third kappa shape index (κ3) is 6.25. The molecule has 0 heterocycles. The average Bonchev–Trinajstić information content (AvgIpc) is 2.24. The van der Waals surface area contributed by atoms with E-state index in [4.69, 9.17) is 11.5 Å². The Bertz CT molecular complexity index is 272. The first-order valence-electron chi connectivity index (χ1n) is 4.55.